The fourth-order valence-corrected chi connectivity index (χ4v) is 4.98. The number of hydrogen-bond donors (Lipinski definition) is 0. The molecule has 3 heterocycles. The van der Waals surface area contributed by atoms with Gasteiger partial charge in [0, 0.05) is 37.8 Å². The van der Waals surface area contributed by atoms with Crippen molar-refractivity contribution in [1.29, 1.82) is 5.26 Å². The van der Waals surface area contributed by atoms with E-state index in [2.05, 4.69) is 6.07 Å². The van der Waals surface area contributed by atoms with E-state index in [9.17, 15) is 4.79 Å². The molecule has 3 aliphatic rings. The lowest BCUT2D eigenvalue weighted by Crippen LogP contribution is -2.65. The van der Waals surface area contributed by atoms with Crippen LogP contribution in [-0.2, 0) is 11.3 Å². The molecule has 2 aromatic carbocycles. The second kappa shape index (κ2) is 9.32. The molecular formula is C25H30N3O2+. The average Bonchev–Trinajstić information content (AvgIpc) is 2.80. The molecule has 2 bridgehead atoms. The Labute approximate surface area is 179 Å². The number of nitriles is 1. The van der Waals surface area contributed by atoms with Gasteiger partial charge in [-0.3, -0.25) is 9.38 Å². The molecule has 5 heteroatoms. The summed E-state index contributed by atoms with van der Waals surface area (Å²) in [5.41, 5.74) is 1.92. The Morgan fingerprint density at radius 3 is 2.40 bits per heavy atom. The molecule has 3 saturated heterocycles. The third-order valence-corrected chi connectivity index (χ3v) is 6.71. The maximum atomic E-state index is 13.4. The summed E-state index contributed by atoms with van der Waals surface area (Å²) in [6, 6.07) is 22.0. The van der Waals surface area contributed by atoms with Crippen LogP contribution in [0.2, 0.25) is 0 Å². The molecule has 0 spiro atoms. The van der Waals surface area contributed by atoms with Crippen molar-refractivity contribution < 1.29 is 14.0 Å². The van der Waals surface area contributed by atoms with E-state index < -0.39 is 0 Å². The van der Waals surface area contributed by atoms with Gasteiger partial charge in [0.25, 0.3) is 0 Å². The molecule has 1 atom stereocenters. The van der Waals surface area contributed by atoms with Crippen molar-refractivity contribution in [1.82, 2.24) is 0 Å². The lowest BCUT2D eigenvalue weighted by molar-refractivity contribution is -0.984. The van der Waals surface area contributed by atoms with Crippen molar-refractivity contribution in [3.8, 4) is 6.07 Å². The SMILES string of the molecule is N#CCCC[N+]12CCC(CC1)CC2OC(=O)N(Cc1ccccc1)c1ccccc1. The van der Waals surface area contributed by atoms with E-state index >= 15 is 0 Å². The van der Waals surface area contributed by atoms with E-state index in [4.69, 9.17) is 10.00 Å². The highest BCUT2D eigenvalue weighted by atomic mass is 16.6. The third-order valence-electron chi connectivity index (χ3n) is 6.71. The van der Waals surface area contributed by atoms with Gasteiger partial charge in [-0.25, -0.2) is 4.79 Å². The van der Waals surface area contributed by atoms with Crippen LogP contribution in [0.15, 0.2) is 60.7 Å². The van der Waals surface area contributed by atoms with Crippen LogP contribution in [0, 0.1) is 17.2 Å². The summed E-state index contributed by atoms with van der Waals surface area (Å²) in [6.45, 7) is 3.51. The fourth-order valence-electron chi connectivity index (χ4n) is 4.98. The van der Waals surface area contributed by atoms with Crippen LogP contribution >= 0.6 is 0 Å². The van der Waals surface area contributed by atoms with E-state index in [1.54, 1.807) is 4.90 Å². The highest BCUT2D eigenvalue weighted by molar-refractivity contribution is 5.87. The zero-order chi connectivity index (χ0) is 20.8. The fraction of sp³-hybridized carbons (Fsp3) is 0.440. The van der Waals surface area contributed by atoms with E-state index in [0.29, 0.717) is 18.9 Å². The molecule has 1 unspecified atom stereocenters. The van der Waals surface area contributed by atoms with Gasteiger partial charge in [-0.05, 0) is 23.6 Å². The predicted octanol–water partition coefficient (Wildman–Crippen LogP) is 5.09. The molecule has 1 amide bonds. The number of rotatable bonds is 7. The quantitative estimate of drug-likeness (QED) is 0.477. The molecule has 0 N–H and O–H groups in total. The van der Waals surface area contributed by atoms with Gasteiger partial charge in [0.15, 0.2) is 0 Å². The first-order chi connectivity index (χ1) is 14.7. The maximum Gasteiger partial charge on any atom is 0.419 e. The summed E-state index contributed by atoms with van der Waals surface area (Å²) in [7, 11) is 0. The largest absolute Gasteiger partial charge is 0.419 e. The minimum atomic E-state index is -0.277. The first-order valence-corrected chi connectivity index (χ1v) is 11.0. The summed E-state index contributed by atoms with van der Waals surface area (Å²) in [5, 5.41) is 8.96. The van der Waals surface area contributed by atoms with Crippen molar-refractivity contribution in [2.24, 2.45) is 5.92 Å². The lowest BCUT2D eigenvalue weighted by atomic mass is 9.84. The molecular weight excluding hydrogens is 374 g/mol. The van der Waals surface area contributed by atoms with Crippen molar-refractivity contribution in [3.05, 3.63) is 66.2 Å². The number of carbonyl (C=O) groups is 1. The van der Waals surface area contributed by atoms with Crippen LogP contribution in [0.4, 0.5) is 10.5 Å². The van der Waals surface area contributed by atoms with Crippen LogP contribution in [0.3, 0.4) is 0 Å². The average molecular weight is 405 g/mol. The van der Waals surface area contributed by atoms with Crippen LogP contribution in [0.5, 0.6) is 0 Å². The highest BCUT2D eigenvalue weighted by Crippen LogP contribution is 2.39. The lowest BCUT2D eigenvalue weighted by Gasteiger charge is -2.53. The molecule has 156 valence electrons. The number of nitrogens with zero attached hydrogens (tertiary/aromatic N) is 3. The minimum absolute atomic E-state index is 0.106. The van der Waals surface area contributed by atoms with Gasteiger partial charge in [0.2, 0.25) is 6.23 Å². The third kappa shape index (κ3) is 4.49. The number of piperidine rings is 3. The van der Waals surface area contributed by atoms with Crippen molar-refractivity contribution in [2.75, 3.05) is 24.5 Å². The number of anilines is 1. The Hall–Kier alpha value is -2.84. The van der Waals surface area contributed by atoms with E-state index in [1.165, 1.54) is 12.8 Å². The molecule has 0 radical (unpaired) electrons. The van der Waals surface area contributed by atoms with Crippen molar-refractivity contribution >= 4 is 11.8 Å². The summed E-state index contributed by atoms with van der Waals surface area (Å²) in [5.74, 6) is 0.651. The van der Waals surface area contributed by atoms with Gasteiger partial charge in [-0.2, -0.15) is 5.26 Å². The van der Waals surface area contributed by atoms with Crippen LogP contribution in [-0.4, -0.2) is 36.4 Å². The smallest absolute Gasteiger partial charge is 0.396 e. The Balaban J connectivity index is 1.53. The molecule has 0 aliphatic carbocycles. The van der Waals surface area contributed by atoms with Crippen molar-refractivity contribution in [2.45, 2.75) is 44.9 Å². The van der Waals surface area contributed by atoms with E-state index in [0.717, 1.165) is 48.2 Å². The highest BCUT2D eigenvalue weighted by Gasteiger charge is 2.49. The van der Waals surface area contributed by atoms with Crippen molar-refractivity contribution in [3.63, 3.8) is 0 Å². The summed E-state index contributed by atoms with van der Waals surface area (Å²) in [6.07, 6.45) is 4.38. The van der Waals surface area contributed by atoms with E-state index in [-0.39, 0.29) is 12.3 Å². The summed E-state index contributed by atoms with van der Waals surface area (Å²) >= 11 is 0. The minimum Gasteiger partial charge on any atom is -0.396 e. The number of benzene rings is 2. The summed E-state index contributed by atoms with van der Waals surface area (Å²) in [4.78, 5) is 15.1. The van der Waals surface area contributed by atoms with Gasteiger partial charge >= 0.3 is 6.09 Å². The van der Waals surface area contributed by atoms with Gasteiger partial charge in [-0.1, -0.05) is 48.5 Å². The monoisotopic (exact) mass is 404 g/mol. The number of unbranched alkanes of at least 4 members (excludes halogenated alkanes) is 1. The number of hydrogen-bond acceptors (Lipinski definition) is 3. The molecule has 5 nitrogen and oxygen atoms in total. The van der Waals surface area contributed by atoms with Gasteiger partial charge in [0.1, 0.15) is 0 Å². The van der Waals surface area contributed by atoms with Gasteiger partial charge in [0.05, 0.1) is 32.2 Å². The number of carbonyl (C=O) groups excluding carboxylic acids is 1. The van der Waals surface area contributed by atoms with E-state index in [1.807, 2.05) is 60.7 Å². The number of ether oxygens (including phenoxy) is 1. The number of amides is 1. The normalized spacial score (nSPS) is 24.8. The van der Waals surface area contributed by atoms with Crippen LogP contribution in [0.25, 0.3) is 0 Å². The molecule has 0 saturated carbocycles. The molecule has 30 heavy (non-hydrogen) atoms. The molecule has 0 aromatic heterocycles. The van der Waals surface area contributed by atoms with Crippen LogP contribution in [0.1, 0.15) is 37.7 Å². The first-order valence-electron chi connectivity index (χ1n) is 11.0. The summed E-state index contributed by atoms with van der Waals surface area (Å²) < 4.78 is 7.06. The molecule has 2 aromatic rings. The Bertz CT molecular complexity index is 870. The standard InChI is InChI=1S/C25H30N3O2/c26-15-7-8-16-28-17-13-21(14-18-28)19-24(28)30-25(29)27(23-11-5-2-6-12-23)20-22-9-3-1-4-10-22/h1-6,9-12,21,24H,7-8,13-14,16-20H2/q+1. The molecule has 3 fully saturated rings. The van der Waals surface area contributed by atoms with Crippen LogP contribution < -0.4 is 4.90 Å². The number of fused-ring (bicyclic) bond motifs is 3. The zero-order valence-corrected chi connectivity index (χ0v) is 17.5. The first kappa shape index (κ1) is 20.4. The number of quaternary nitrogens is 1. The Morgan fingerprint density at radius 1 is 1.07 bits per heavy atom. The molecule has 5 rings (SSSR count). The van der Waals surface area contributed by atoms with Gasteiger partial charge < -0.3 is 4.74 Å². The second-order valence-electron chi connectivity index (χ2n) is 8.58. The number of para-hydroxylation sites is 1. The topological polar surface area (TPSA) is 53.3 Å². The zero-order valence-electron chi connectivity index (χ0n) is 17.5. The Kier molecular flexibility index (Phi) is 6.35. The predicted molar refractivity (Wildman–Crippen MR) is 116 cm³/mol. The Morgan fingerprint density at radius 2 is 1.73 bits per heavy atom. The molecule has 3 aliphatic heterocycles. The van der Waals surface area contributed by atoms with Gasteiger partial charge in [-0.15, -0.1) is 0 Å². The maximum absolute atomic E-state index is 13.4. The second-order valence-corrected chi connectivity index (χ2v) is 8.58.